The maximum Gasteiger partial charge on any atom is 0.408 e. The van der Waals surface area contributed by atoms with Gasteiger partial charge in [-0.15, -0.1) is 0 Å². The first-order valence-corrected chi connectivity index (χ1v) is 10.1. The molecule has 0 aliphatic carbocycles. The van der Waals surface area contributed by atoms with Crippen molar-refractivity contribution in [2.45, 2.75) is 45.4 Å². The van der Waals surface area contributed by atoms with Crippen LogP contribution < -0.4 is 16.4 Å². The zero-order valence-corrected chi connectivity index (χ0v) is 17.6. The van der Waals surface area contributed by atoms with E-state index < -0.39 is 35.8 Å². The van der Waals surface area contributed by atoms with Gasteiger partial charge in [-0.05, 0) is 29.5 Å². The van der Waals surface area contributed by atoms with E-state index in [1.165, 1.54) is 18.2 Å². The molecule has 166 valence electrons. The van der Waals surface area contributed by atoms with Crippen molar-refractivity contribution >= 4 is 17.9 Å². The zero-order chi connectivity index (χ0) is 22.8. The number of ether oxygens (including phenoxy) is 1. The largest absolute Gasteiger partial charge is 0.445 e. The molecule has 0 bridgehead atoms. The van der Waals surface area contributed by atoms with E-state index in [1.54, 1.807) is 18.2 Å². The Morgan fingerprint density at radius 2 is 1.61 bits per heavy atom. The molecule has 0 spiro atoms. The third kappa shape index (κ3) is 8.08. The lowest BCUT2D eigenvalue weighted by Gasteiger charge is -2.23. The lowest BCUT2D eigenvalue weighted by atomic mass is 10.0. The SMILES string of the molecule is CC(C)C[C@H](NC(=O)C(Cc1ccccc1F)NC(=O)OCc1ccccc1)C(N)=O. The van der Waals surface area contributed by atoms with Crippen LogP contribution in [-0.2, 0) is 27.4 Å². The molecule has 7 nitrogen and oxygen atoms in total. The number of primary amides is 1. The number of benzene rings is 2. The van der Waals surface area contributed by atoms with Gasteiger partial charge in [-0.25, -0.2) is 9.18 Å². The predicted octanol–water partition coefficient (Wildman–Crippen LogP) is 2.68. The predicted molar refractivity (Wildman–Crippen MR) is 114 cm³/mol. The Morgan fingerprint density at radius 1 is 0.968 bits per heavy atom. The van der Waals surface area contributed by atoms with E-state index in [2.05, 4.69) is 10.6 Å². The lowest BCUT2D eigenvalue weighted by Crippen LogP contribution is -2.54. The average molecular weight is 429 g/mol. The number of amides is 3. The van der Waals surface area contributed by atoms with Gasteiger partial charge >= 0.3 is 6.09 Å². The highest BCUT2D eigenvalue weighted by atomic mass is 19.1. The van der Waals surface area contributed by atoms with Gasteiger partial charge in [0.2, 0.25) is 11.8 Å². The van der Waals surface area contributed by atoms with Gasteiger partial charge in [0.05, 0.1) is 0 Å². The maximum absolute atomic E-state index is 14.1. The molecule has 0 heterocycles. The van der Waals surface area contributed by atoms with Crippen LogP contribution >= 0.6 is 0 Å². The topological polar surface area (TPSA) is 111 Å². The molecule has 31 heavy (non-hydrogen) atoms. The minimum atomic E-state index is -1.16. The van der Waals surface area contributed by atoms with Gasteiger partial charge in [-0.1, -0.05) is 62.4 Å². The monoisotopic (exact) mass is 429 g/mol. The summed E-state index contributed by atoms with van der Waals surface area (Å²) in [5.41, 5.74) is 6.42. The molecule has 0 saturated carbocycles. The van der Waals surface area contributed by atoms with E-state index in [1.807, 2.05) is 32.0 Å². The smallest absolute Gasteiger partial charge is 0.408 e. The molecule has 0 aromatic heterocycles. The highest BCUT2D eigenvalue weighted by Crippen LogP contribution is 2.11. The number of nitrogens with two attached hydrogens (primary N) is 1. The molecule has 8 heteroatoms. The number of carbonyl (C=O) groups is 3. The lowest BCUT2D eigenvalue weighted by molar-refractivity contribution is -0.128. The van der Waals surface area contributed by atoms with Gasteiger partial charge in [0.25, 0.3) is 0 Å². The highest BCUT2D eigenvalue weighted by molar-refractivity contribution is 5.90. The van der Waals surface area contributed by atoms with Crippen LogP contribution in [0, 0.1) is 11.7 Å². The molecule has 4 N–H and O–H groups in total. The van der Waals surface area contributed by atoms with Crippen molar-refractivity contribution in [3.63, 3.8) is 0 Å². The molecule has 0 aliphatic heterocycles. The van der Waals surface area contributed by atoms with E-state index in [0.717, 1.165) is 5.56 Å². The third-order valence-corrected chi connectivity index (χ3v) is 4.57. The summed E-state index contributed by atoms with van der Waals surface area (Å²) in [6.45, 7) is 3.79. The number of hydrogen-bond donors (Lipinski definition) is 3. The standard InChI is InChI=1S/C23H28FN3O4/c1-15(2)12-19(21(25)28)26-22(29)20(13-17-10-6-7-11-18(17)24)27-23(30)31-14-16-8-4-3-5-9-16/h3-11,15,19-20H,12-14H2,1-2H3,(H2,25,28)(H,26,29)(H,27,30)/t19-,20?/m0/s1. The van der Waals surface area contributed by atoms with Crippen molar-refractivity contribution in [2.24, 2.45) is 11.7 Å². The van der Waals surface area contributed by atoms with Crippen molar-refractivity contribution in [2.75, 3.05) is 0 Å². The van der Waals surface area contributed by atoms with Crippen LogP contribution in [-0.4, -0.2) is 30.0 Å². The summed E-state index contributed by atoms with van der Waals surface area (Å²) in [6.07, 6.45) is -0.613. The minimum absolute atomic E-state index is 0.0119. The van der Waals surface area contributed by atoms with Crippen LogP contribution in [0.2, 0.25) is 0 Å². The summed E-state index contributed by atoms with van der Waals surface area (Å²) in [5, 5.41) is 5.03. The minimum Gasteiger partial charge on any atom is -0.445 e. The number of alkyl carbamates (subject to hydrolysis) is 1. The summed E-state index contributed by atoms with van der Waals surface area (Å²) in [6, 6.07) is 12.9. The molecule has 0 fully saturated rings. The molecule has 0 saturated heterocycles. The molecule has 2 rings (SSSR count). The average Bonchev–Trinajstić information content (AvgIpc) is 2.73. The van der Waals surface area contributed by atoms with Gasteiger partial charge in [0, 0.05) is 6.42 Å². The summed E-state index contributed by atoms with van der Waals surface area (Å²) in [7, 11) is 0. The number of carbonyl (C=O) groups excluding carboxylic acids is 3. The second kappa shape index (κ2) is 11.7. The number of halogens is 1. The summed E-state index contributed by atoms with van der Waals surface area (Å²) in [5.74, 6) is -1.73. The van der Waals surface area contributed by atoms with Crippen molar-refractivity contribution in [3.05, 3.63) is 71.5 Å². The maximum atomic E-state index is 14.1. The summed E-state index contributed by atoms with van der Waals surface area (Å²) >= 11 is 0. The zero-order valence-electron chi connectivity index (χ0n) is 17.6. The Labute approximate surface area is 181 Å². The number of nitrogens with one attached hydrogen (secondary N) is 2. The van der Waals surface area contributed by atoms with Crippen LogP contribution in [0.4, 0.5) is 9.18 Å². The first-order chi connectivity index (χ1) is 14.8. The molecular formula is C23H28FN3O4. The van der Waals surface area contributed by atoms with E-state index in [4.69, 9.17) is 10.5 Å². The molecule has 1 unspecified atom stereocenters. The van der Waals surface area contributed by atoms with Gasteiger partial charge in [0.15, 0.2) is 0 Å². The fraction of sp³-hybridized carbons (Fsp3) is 0.348. The van der Waals surface area contributed by atoms with E-state index in [9.17, 15) is 18.8 Å². The van der Waals surface area contributed by atoms with Crippen LogP contribution in [0.15, 0.2) is 54.6 Å². The summed E-state index contributed by atoms with van der Waals surface area (Å²) < 4.78 is 19.3. The quantitative estimate of drug-likeness (QED) is 0.539. The molecule has 0 aliphatic rings. The van der Waals surface area contributed by atoms with Gasteiger partial charge in [-0.2, -0.15) is 0 Å². The third-order valence-electron chi connectivity index (χ3n) is 4.57. The van der Waals surface area contributed by atoms with Crippen molar-refractivity contribution in [1.29, 1.82) is 0 Å². The van der Waals surface area contributed by atoms with Gasteiger partial charge in [-0.3, -0.25) is 9.59 Å². The normalized spacial score (nSPS) is 12.6. The molecule has 3 amide bonds. The first kappa shape index (κ1) is 23.9. The highest BCUT2D eigenvalue weighted by Gasteiger charge is 2.27. The van der Waals surface area contributed by atoms with E-state index in [-0.39, 0.29) is 24.5 Å². The fourth-order valence-electron chi connectivity index (χ4n) is 2.99. The second-order valence-corrected chi connectivity index (χ2v) is 7.65. The van der Waals surface area contributed by atoms with Gasteiger partial charge in [0.1, 0.15) is 24.5 Å². The molecular weight excluding hydrogens is 401 g/mol. The van der Waals surface area contributed by atoms with Crippen LogP contribution in [0.1, 0.15) is 31.4 Å². The Morgan fingerprint density at radius 3 is 2.23 bits per heavy atom. The summed E-state index contributed by atoms with van der Waals surface area (Å²) in [4.78, 5) is 36.9. The van der Waals surface area contributed by atoms with Crippen molar-refractivity contribution < 1.29 is 23.5 Å². The van der Waals surface area contributed by atoms with Crippen LogP contribution in [0.3, 0.4) is 0 Å². The Hall–Kier alpha value is -3.42. The Kier molecular flexibility index (Phi) is 8.99. The molecule has 0 radical (unpaired) electrons. The second-order valence-electron chi connectivity index (χ2n) is 7.65. The van der Waals surface area contributed by atoms with Gasteiger partial charge < -0.3 is 21.1 Å². The molecule has 2 aromatic carbocycles. The van der Waals surface area contributed by atoms with E-state index in [0.29, 0.717) is 6.42 Å². The number of rotatable bonds is 10. The number of hydrogen-bond acceptors (Lipinski definition) is 4. The first-order valence-electron chi connectivity index (χ1n) is 10.1. The van der Waals surface area contributed by atoms with Crippen LogP contribution in [0.5, 0.6) is 0 Å². The Bertz CT molecular complexity index is 889. The fourth-order valence-corrected chi connectivity index (χ4v) is 2.99. The molecule has 2 aromatic rings. The van der Waals surface area contributed by atoms with E-state index >= 15 is 0 Å². The van der Waals surface area contributed by atoms with Crippen LogP contribution in [0.25, 0.3) is 0 Å². The van der Waals surface area contributed by atoms with Crippen molar-refractivity contribution in [1.82, 2.24) is 10.6 Å². The Balaban J connectivity index is 2.11. The molecule has 2 atom stereocenters. The van der Waals surface area contributed by atoms with Crippen molar-refractivity contribution in [3.8, 4) is 0 Å².